The van der Waals surface area contributed by atoms with Gasteiger partial charge in [-0.2, -0.15) is 0 Å². The summed E-state index contributed by atoms with van der Waals surface area (Å²) in [4.78, 5) is 19.4. The molecule has 0 atom stereocenters. The van der Waals surface area contributed by atoms with E-state index in [9.17, 15) is 9.18 Å². The van der Waals surface area contributed by atoms with Gasteiger partial charge >= 0.3 is 0 Å². The lowest BCUT2D eigenvalue weighted by Gasteiger charge is -2.22. The lowest BCUT2D eigenvalue weighted by atomic mass is 9.93. The van der Waals surface area contributed by atoms with Gasteiger partial charge in [-0.1, -0.05) is 0 Å². The van der Waals surface area contributed by atoms with Crippen LogP contribution in [0.5, 0.6) is 0 Å². The molecule has 0 saturated carbocycles. The normalized spacial score (nSPS) is 14.6. The average Bonchev–Trinajstić information content (AvgIpc) is 2.95. The molecule has 2 heterocycles. The minimum absolute atomic E-state index is 0. The molecule has 1 aliphatic rings. The molecule has 1 fully saturated rings. The number of aromatic amines is 1. The average molecular weight is 391 g/mol. The molecule has 0 radical (unpaired) electrons. The van der Waals surface area contributed by atoms with Gasteiger partial charge in [0.15, 0.2) is 0 Å². The Morgan fingerprint density at radius 3 is 2.80 bits per heavy atom. The fourth-order valence-electron chi connectivity index (χ4n) is 3.07. The van der Waals surface area contributed by atoms with Gasteiger partial charge in [-0.15, -0.1) is 24.8 Å². The number of imidazole rings is 1. The Kier molecular flexibility index (Phi) is 9.17. The maximum absolute atomic E-state index is 13.1. The van der Waals surface area contributed by atoms with Crippen molar-refractivity contribution in [2.75, 3.05) is 19.6 Å². The van der Waals surface area contributed by atoms with Gasteiger partial charge in [0.2, 0.25) is 5.91 Å². The summed E-state index contributed by atoms with van der Waals surface area (Å²) in [5.41, 5.74) is 1.44. The van der Waals surface area contributed by atoms with Crippen LogP contribution < -0.4 is 10.6 Å². The molecule has 25 heavy (non-hydrogen) atoms. The summed E-state index contributed by atoms with van der Waals surface area (Å²) in [6.07, 6.45) is 4.52. The van der Waals surface area contributed by atoms with Crippen LogP contribution in [0.1, 0.15) is 31.5 Å². The minimum Gasteiger partial charge on any atom is -0.356 e. The molecule has 5 nitrogen and oxygen atoms in total. The van der Waals surface area contributed by atoms with E-state index in [-0.39, 0.29) is 36.5 Å². The number of hydrogen-bond donors (Lipinski definition) is 3. The van der Waals surface area contributed by atoms with E-state index in [1.54, 1.807) is 6.07 Å². The molecule has 8 heteroatoms. The van der Waals surface area contributed by atoms with E-state index in [0.717, 1.165) is 30.9 Å². The molecule has 3 rings (SSSR count). The number of nitrogens with zero attached hydrogens (tertiary/aromatic N) is 1. The van der Waals surface area contributed by atoms with E-state index < -0.39 is 0 Å². The number of aromatic nitrogens is 2. The standard InChI is InChI=1S/C17H23FN4O.2ClH/c18-13-2-3-14-15(11-13)22-16(21-14)7-10-20-17(23)4-1-12-5-8-19-9-6-12;;/h2-3,11-12,19H,1,4-10H2,(H,20,23)(H,21,22);2*1H. The first kappa shape index (κ1) is 21.7. The zero-order valence-corrected chi connectivity index (χ0v) is 15.6. The van der Waals surface area contributed by atoms with Crippen molar-refractivity contribution in [3.05, 3.63) is 29.8 Å². The van der Waals surface area contributed by atoms with Gasteiger partial charge in [-0.3, -0.25) is 4.79 Å². The van der Waals surface area contributed by atoms with Crippen LogP contribution in [0.4, 0.5) is 4.39 Å². The number of H-pyrrole nitrogens is 1. The SMILES string of the molecule is Cl.Cl.O=C(CCC1CCNCC1)NCCc1nc2ccc(F)cc2[nH]1. The molecule has 140 valence electrons. The summed E-state index contributed by atoms with van der Waals surface area (Å²) in [5, 5.41) is 6.27. The van der Waals surface area contributed by atoms with Crippen LogP contribution in [0, 0.1) is 11.7 Å². The Morgan fingerprint density at radius 2 is 2.04 bits per heavy atom. The van der Waals surface area contributed by atoms with Crippen LogP contribution in [0.2, 0.25) is 0 Å². The highest BCUT2D eigenvalue weighted by molar-refractivity contribution is 5.85. The molecule has 0 bridgehead atoms. The van der Waals surface area contributed by atoms with Crippen LogP contribution in [0.3, 0.4) is 0 Å². The highest BCUT2D eigenvalue weighted by Crippen LogP contribution is 2.17. The number of hydrogen-bond acceptors (Lipinski definition) is 3. The van der Waals surface area contributed by atoms with Crippen molar-refractivity contribution in [2.45, 2.75) is 32.1 Å². The first-order chi connectivity index (χ1) is 11.2. The summed E-state index contributed by atoms with van der Waals surface area (Å²) in [6.45, 7) is 2.69. The molecule has 1 amide bonds. The highest BCUT2D eigenvalue weighted by atomic mass is 35.5. The third-order valence-electron chi connectivity index (χ3n) is 4.42. The second-order valence-electron chi connectivity index (χ2n) is 6.18. The summed E-state index contributed by atoms with van der Waals surface area (Å²) >= 11 is 0. The van der Waals surface area contributed by atoms with Gasteiger partial charge < -0.3 is 15.6 Å². The molecule has 1 aromatic heterocycles. The fraction of sp³-hybridized carbons (Fsp3) is 0.529. The molecule has 3 N–H and O–H groups in total. The number of amides is 1. The van der Waals surface area contributed by atoms with Crippen LogP contribution in [0.25, 0.3) is 11.0 Å². The topological polar surface area (TPSA) is 69.8 Å². The molecular formula is C17H25Cl2FN4O. The third-order valence-corrected chi connectivity index (χ3v) is 4.42. The van der Waals surface area contributed by atoms with Gasteiger partial charge in [0.05, 0.1) is 11.0 Å². The van der Waals surface area contributed by atoms with Gasteiger partial charge in [0.1, 0.15) is 11.6 Å². The number of piperidine rings is 1. The van der Waals surface area contributed by atoms with Crippen molar-refractivity contribution in [2.24, 2.45) is 5.92 Å². The lowest BCUT2D eigenvalue weighted by molar-refractivity contribution is -0.121. The quantitative estimate of drug-likeness (QED) is 0.709. The number of carbonyl (C=O) groups is 1. The van der Waals surface area contributed by atoms with Crippen LogP contribution in [-0.4, -0.2) is 35.5 Å². The van der Waals surface area contributed by atoms with Crippen molar-refractivity contribution < 1.29 is 9.18 Å². The maximum atomic E-state index is 13.1. The number of nitrogens with one attached hydrogen (secondary N) is 3. The number of carbonyl (C=O) groups excluding carboxylic acids is 1. The molecule has 0 spiro atoms. The van der Waals surface area contributed by atoms with E-state index in [2.05, 4.69) is 20.6 Å². The summed E-state index contributed by atoms with van der Waals surface area (Å²) < 4.78 is 13.1. The Morgan fingerprint density at radius 1 is 1.28 bits per heavy atom. The second-order valence-corrected chi connectivity index (χ2v) is 6.18. The molecule has 0 aliphatic carbocycles. The van der Waals surface area contributed by atoms with Crippen LogP contribution in [0.15, 0.2) is 18.2 Å². The van der Waals surface area contributed by atoms with E-state index in [4.69, 9.17) is 0 Å². The second kappa shape index (κ2) is 10.6. The summed E-state index contributed by atoms with van der Waals surface area (Å²) in [5.74, 6) is 1.26. The number of halogens is 3. The minimum atomic E-state index is -0.279. The zero-order chi connectivity index (χ0) is 16.1. The van der Waals surface area contributed by atoms with Crippen LogP contribution >= 0.6 is 24.8 Å². The van der Waals surface area contributed by atoms with E-state index in [0.29, 0.717) is 30.8 Å². The number of rotatable bonds is 6. The smallest absolute Gasteiger partial charge is 0.220 e. The van der Waals surface area contributed by atoms with Gasteiger partial charge in [-0.05, 0) is 56.5 Å². The number of fused-ring (bicyclic) bond motifs is 1. The Labute approximate surface area is 159 Å². The van der Waals surface area contributed by atoms with E-state index in [1.165, 1.54) is 25.0 Å². The highest BCUT2D eigenvalue weighted by Gasteiger charge is 2.14. The van der Waals surface area contributed by atoms with Gasteiger partial charge in [0, 0.05) is 19.4 Å². The van der Waals surface area contributed by atoms with Crippen molar-refractivity contribution >= 4 is 41.8 Å². The first-order valence-electron chi connectivity index (χ1n) is 8.32. The molecule has 0 unspecified atom stereocenters. The molecule has 1 aliphatic heterocycles. The first-order valence-corrected chi connectivity index (χ1v) is 8.32. The largest absolute Gasteiger partial charge is 0.356 e. The Bertz CT molecular complexity index is 674. The lowest BCUT2D eigenvalue weighted by Crippen LogP contribution is -2.30. The molecule has 1 aromatic carbocycles. The zero-order valence-electron chi connectivity index (χ0n) is 14.0. The van der Waals surface area contributed by atoms with Crippen molar-refractivity contribution in [3.8, 4) is 0 Å². The number of benzene rings is 1. The summed E-state index contributed by atoms with van der Waals surface area (Å²) in [6, 6.07) is 4.49. The maximum Gasteiger partial charge on any atom is 0.220 e. The molecule has 1 saturated heterocycles. The van der Waals surface area contributed by atoms with Gasteiger partial charge in [0.25, 0.3) is 0 Å². The van der Waals surface area contributed by atoms with Crippen molar-refractivity contribution in [3.63, 3.8) is 0 Å². The van der Waals surface area contributed by atoms with E-state index in [1.807, 2.05) is 0 Å². The molecule has 2 aromatic rings. The predicted octanol–water partition coefficient (Wildman–Crippen LogP) is 2.98. The van der Waals surface area contributed by atoms with Gasteiger partial charge in [-0.25, -0.2) is 9.37 Å². The van der Waals surface area contributed by atoms with Crippen molar-refractivity contribution in [1.82, 2.24) is 20.6 Å². The Balaban J connectivity index is 0.00000156. The van der Waals surface area contributed by atoms with Crippen LogP contribution in [-0.2, 0) is 11.2 Å². The van der Waals surface area contributed by atoms with E-state index >= 15 is 0 Å². The molecular weight excluding hydrogens is 366 g/mol. The monoisotopic (exact) mass is 390 g/mol. The Hall–Kier alpha value is -1.37. The predicted molar refractivity (Wildman–Crippen MR) is 102 cm³/mol. The fourth-order valence-corrected chi connectivity index (χ4v) is 3.07. The summed E-state index contributed by atoms with van der Waals surface area (Å²) in [7, 11) is 0. The third kappa shape index (κ3) is 6.45. The van der Waals surface area contributed by atoms with Crippen molar-refractivity contribution in [1.29, 1.82) is 0 Å².